The number of halogens is 2. The van der Waals surface area contributed by atoms with Crippen LogP contribution in [0.5, 0.6) is 0 Å². The first kappa shape index (κ1) is 17.6. The number of hydrogen-bond donors (Lipinski definition) is 0. The molecular weight excluding hydrogens is 454 g/mol. The van der Waals surface area contributed by atoms with Crippen molar-refractivity contribution in [3.8, 4) is 0 Å². The summed E-state index contributed by atoms with van der Waals surface area (Å²) in [5.74, 6) is 2.32. The summed E-state index contributed by atoms with van der Waals surface area (Å²) in [6.45, 7) is 2.32. The third-order valence-corrected chi connectivity index (χ3v) is 8.46. The fraction of sp³-hybridized carbons (Fsp3) is 0.391. The molecule has 0 saturated heterocycles. The third-order valence-electron chi connectivity index (χ3n) is 6.39. The van der Waals surface area contributed by atoms with Gasteiger partial charge in [-0.25, -0.2) is 0 Å². The summed E-state index contributed by atoms with van der Waals surface area (Å²) in [7, 11) is 0. The van der Waals surface area contributed by atoms with Crippen molar-refractivity contribution in [1.82, 2.24) is 0 Å². The van der Waals surface area contributed by atoms with Crippen molar-refractivity contribution in [1.29, 1.82) is 0 Å². The Morgan fingerprint density at radius 3 is 2.79 bits per heavy atom. The minimum atomic E-state index is -0.0643. The van der Waals surface area contributed by atoms with Crippen molar-refractivity contribution in [2.75, 3.05) is 4.90 Å². The highest BCUT2D eigenvalue weighted by atomic mass is 79.9. The van der Waals surface area contributed by atoms with E-state index in [-0.39, 0.29) is 6.23 Å². The highest BCUT2D eigenvalue weighted by Gasteiger charge is 2.46. The van der Waals surface area contributed by atoms with Crippen LogP contribution in [0.2, 0.25) is 5.02 Å². The molecule has 5 heteroatoms. The first-order valence-electron chi connectivity index (χ1n) is 10.0. The van der Waals surface area contributed by atoms with Gasteiger partial charge in [0.05, 0.1) is 10.9 Å². The van der Waals surface area contributed by atoms with E-state index < -0.39 is 0 Å². The van der Waals surface area contributed by atoms with Gasteiger partial charge in [0, 0.05) is 15.6 Å². The zero-order valence-electron chi connectivity index (χ0n) is 15.6. The van der Waals surface area contributed by atoms with Gasteiger partial charge in [-0.3, -0.25) is 0 Å². The topological polar surface area (TPSA) is 12.5 Å². The van der Waals surface area contributed by atoms with Gasteiger partial charge >= 0.3 is 0 Å². The summed E-state index contributed by atoms with van der Waals surface area (Å²) in [5, 5.41) is 0.816. The van der Waals surface area contributed by atoms with Gasteiger partial charge in [0.2, 0.25) is 6.23 Å². The smallest absolute Gasteiger partial charge is 0.208 e. The van der Waals surface area contributed by atoms with E-state index in [0.717, 1.165) is 29.5 Å². The standard InChI is InChI=1S/C23H21BrClNOS/c1-12-8-15(24)11-19-22(12)18-10-14-9-16(25)4-5-17(14)26(18)23(27-19)21-7-6-20(28-21)13-2-3-13/h4-7,9,11-13,18,23H,2-3,8,10H2,1H3. The number of fused-ring (bicyclic) bond motifs is 4. The van der Waals surface area contributed by atoms with Gasteiger partial charge in [-0.05, 0) is 89.5 Å². The number of allylic oxidation sites excluding steroid dienone is 2. The first-order chi connectivity index (χ1) is 13.6. The van der Waals surface area contributed by atoms with Crippen LogP contribution in [0, 0.1) is 5.92 Å². The molecule has 6 rings (SSSR count). The van der Waals surface area contributed by atoms with Crippen LogP contribution in [0.4, 0.5) is 5.69 Å². The molecule has 1 aromatic heterocycles. The van der Waals surface area contributed by atoms with Crippen molar-refractivity contribution >= 4 is 44.6 Å². The molecule has 3 heterocycles. The number of nitrogens with zero attached hydrogens (tertiary/aromatic N) is 1. The highest BCUT2D eigenvalue weighted by molar-refractivity contribution is 9.11. The van der Waals surface area contributed by atoms with Crippen LogP contribution in [0.3, 0.4) is 0 Å². The molecule has 144 valence electrons. The van der Waals surface area contributed by atoms with Crippen molar-refractivity contribution < 1.29 is 4.74 Å². The molecule has 2 aliphatic heterocycles. The summed E-state index contributed by atoms with van der Waals surface area (Å²) in [6, 6.07) is 11.3. The Hall–Kier alpha value is -1.23. The van der Waals surface area contributed by atoms with E-state index in [2.05, 4.69) is 58.1 Å². The second-order valence-electron chi connectivity index (χ2n) is 8.40. The Morgan fingerprint density at radius 1 is 1.14 bits per heavy atom. The minimum absolute atomic E-state index is 0.0643. The summed E-state index contributed by atoms with van der Waals surface area (Å²) in [6.07, 6.45) is 6.85. The van der Waals surface area contributed by atoms with Gasteiger partial charge < -0.3 is 9.64 Å². The second-order valence-corrected chi connectivity index (χ2v) is 11.0. The lowest BCUT2D eigenvalue weighted by molar-refractivity contribution is 0.0952. The molecule has 3 unspecified atom stereocenters. The van der Waals surface area contributed by atoms with Gasteiger partial charge in [0.25, 0.3) is 0 Å². The summed E-state index contributed by atoms with van der Waals surface area (Å²) in [5.41, 5.74) is 4.04. The molecule has 1 aromatic carbocycles. The van der Waals surface area contributed by atoms with Gasteiger partial charge in [0.1, 0.15) is 5.76 Å². The van der Waals surface area contributed by atoms with E-state index in [1.54, 1.807) is 0 Å². The Balaban J connectivity index is 1.49. The van der Waals surface area contributed by atoms with Crippen LogP contribution in [0.25, 0.3) is 0 Å². The van der Waals surface area contributed by atoms with E-state index >= 15 is 0 Å². The molecule has 28 heavy (non-hydrogen) atoms. The summed E-state index contributed by atoms with van der Waals surface area (Å²) in [4.78, 5) is 5.33. The van der Waals surface area contributed by atoms with Gasteiger partial charge in [-0.2, -0.15) is 0 Å². The summed E-state index contributed by atoms with van der Waals surface area (Å²) < 4.78 is 7.94. The van der Waals surface area contributed by atoms with E-state index in [1.807, 2.05) is 17.4 Å². The van der Waals surface area contributed by atoms with E-state index in [9.17, 15) is 0 Å². The monoisotopic (exact) mass is 473 g/mol. The lowest BCUT2D eigenvalue weighted by atomic mass is 9.84. The quantitative estimate of drug-likeness (QED) is 0.452. The number of benzene rings is 1. The predicted molar refractivity (Wildman–Crippen MR) is 119 cm³/mol. The van der Waals surface area contributed by atoms with Crippen molar-refractivity contribution in [3.05, 3.63) is 72.6 Å². The molecule has 0 N–H and O–H groups in total. The Kier molecular flexibility index (Phi) is 4.02. The normalized spacial score (nSPS) is 28.5. The zero-order valence-corrected chi connectivity index (χ0v) is 18.8. The molecule has 2 aromatic rings. The second kappa shape index (κ2) is 6.38. The van der Waals surface area contributed by atoms with Crippen molar-refractivity contribution in [2.45, 2.75) is 50.8 Å². The van der Waals surface area contributed by atoms with Crippen molar-refractivity contribution in [2.24, 2.45) is 5.92 Å². The molecule has 0 bridgehead atoms. The number of anilines is 1. The maximum atomic E-state index is 6.71. The molecule has 4 aliphatic rings. The molecule has 1 saturated carbocycles. The van der Waals surface area contributed by atoms with Gasteiger partial charge in [-0.15, -0.1) is 11.3 Å². The maximum absolute atomic E-state index is 6.71. The van der Waals surface area contributed by atoms with E-state index in [1.165, 1.54) is 43.9 Å². The number of rotatable bonds is 2. The minimum Gasteiger partial charge on any atom is -0.465 e. The predicted octanol–water partition coefficient (Wildman–Crippen LogP) is 7.31. The summed E-state index contributed by atoms with van der Waals surface area (Å²) >= 11 is 12.0. The fourth-order valence-corrected chi connectivity index (χ4v) is 7.08. The van der Waals surface area contributed by atoms with E-state index in [4.69, 9.17) is 16.3 Å². The molecule has 1 fully saturated rings. The van der Waals surface area contributed by atoms with Crippen LogP contribution in [-0.2, 0) is 11.2 Å². The SMILES string of the molecule is CC1CC(Br)=CC2=C1C1Cc3cc(Cl)ccc3N1C(c1ccc(C3CC3)s1)O2. The van der Waals surface area contributed by atoms with E-state index in [0.29, 0.717) is 12.0 Å². The van der Waals surface area contributed by atoms with Crippen LogP contribution in [0.1, 0.15) is 53.6 Å². The Morgan fingerprint density at radius 2 is 1.96 bits per heavy atom. The largest absolute Gasteiger partial charge is 0.465 e. The average Bonchev–Trinajstić information content (AvgIpc) is 3.26. The molecule has 2 aliphatic carbocycles. The van der Waals surface area contributed by atoms with Crippen molar-refractivity contribution in [3.63, 3.8) is 0 Å². The number of thiophene rings is 1. The number of hydrogen-bond acceptors (Lipinski definition) is 3. The molecule has 0 spiro atoms. The molecular formula is C23H21BrClNOS. The highest BCUT2D eigenvalue weighted by Crippen LogP contribution is 2.53. The average molecular weight is 475 g/mol. The number of ether oxygens (including phenoxy) is 1. The first-order valence-corrected chi connectivity index (χ1v) is 12.0. The third kappa shape index (κ3) is 2.72. The van der Waals surface area contributed by atoms with Gasteiger partial charge in [0.15, 0.2) is 0 Å². The zero-order chi connectivity index (χ0) is 19.0. The fourth-order valence-electron chi connectivity index (χ4n) is 4.98. The van der Waals surface area contributed by atoms with Crippen LogP contribution in [-0.4, -0.2) is 6.04 Å². The Labute approximate surface area is 183 Å². The van der Waals surface area contributed by atoms with Crippen LogP contribution in [0.15, 0.2) is 52.2 Å². The molecule has 0 radical (unpaired) electrons. The van der Waals surface area contributed by atoms with Crippen LogP contribution >= 0.6 is 38.9 Å². The molecule has 0 amide bonds. The Bertz CT molecular complexity index is 1040. The van der Waals surface area contributed by atoms with Crippen LogP contribution < -0.4 is 4.90 Å². The molecule has 2 nitrogen and oxygen atoms in total. The lowest BCUT2D eigenvalue weighted by Crippen LogP contribution is -2.44. The lowest BCUT2D eigenvalue weighted by Gasteiger charge is -2.44. The van der Waals surface area contributed by atoms with Gasteiger partial charge in [-0.1, -0.05) is 34.5 Å². The maximum Gasteiger partial charge on any atom is 0.208 e. The molecule has 3 atom stereocenters.